The van der Waals surface area contributed by atoms with Crippen LogP contribution in [0.3, 0.4) is 0 Å². The van der Waals surface area contributed by atoms with Gasteiger partial charge >= 0.3 is 5.97 Å². The number of benzene rings is 2. The molecule has 1 atom stereocenters. The van der Waals surface area contributed by atoms with Crippen LogP contribution in [-0.4, -0.2) is 33.1 Å². The molecule has 3 N–H and O–H groups in total. The fourth-order valence-electron chi connectivity index (χ4n) is 2.79. The minimum Gasteiger partial charge on any atom is -0.478 e. The van der Waals surface area contributed by atoms with Gasteiger partial charge in [-0.05, 0) is 43.3 Å². The number of aromatic nitrogens is 1. The van der Waals surface area contributed by atoms with Gasteiger partial charge in [0.1, 0.15) is 0 Å². The van der Waals surface area contributed by atoms with Gasteiger partial charge in [-0.25, -0.2) is 4.79 Å². The second-order valence-corrected chi connectivity index (χ2v) is 9.70. The molecule has 3 rings (SSSR count). The number of aromatic carboxylic acids is 1. The molecule has 0 bridgehead atoms. The van der Waals surface area contributed by atoms with Crippen LogP contribution in [0.25, 0.3) is 0 Å². The van der Waals surface area contributed by atoms with Crippen molar-refractivity contribution in [2.45, 2.75) is 17.1 Å². The van der Waals surface area contributed by atoms with Gasteiger partial charge < -0.3 is 15.7 Å². The first-order valence-corrected chi connectivity index (χ1v) is 11.9. The van der Waals surface area contributed by atoms with Crippen LogP contribution in [-0.2, 0) is 4.79 Å². The van der Waals surface area contributed by atoms with Gasteiger partial charge in [0.05, 0.1) is 36.5 Å². The predicted octanol–water partition coefficient (Wildman–Crippen LogP) is 6.77. The molecule has 7 nitrogen and oxygen atoms in total. The summed E-state index contributed by atoms with van der Waals surface area (Å²) in [4.78, 5) is 41.5. The van der Waals surface area contributed by atoms with Crippen molar-refractivity contribution in [3.63, 3.8) is 0 Å². The molecule has 0 aliphatic rings. The topological polar surface area (TPSA) is 108 Å². The predicted molar refractivity (Wildman–Crippen MR) is 136 cm³/mol. The summed E-state index contributed by atoms with van der Waals surface area (Å²) in [5, 5.41) is 13.3. The summed E-state index contributed by atoms with van der Waals surface area (Å²) in [5.41, 5.74) is 0.0401. The molecule has 0 saturated heterocycles. The lowest BCUT2D eigenvalue weighted by Crippen LogP contribution is -2.22. The molecule has 3 aromatic rings. The number of thioether (sulfide) groups is 1. The van der Waals surface area contributed by atoms with Gasteiger partial charge in [0.25, 0.3) is 5.91 Å². The SMILES string of the molecule is CC(Sc1ccc(NC(=O)c2c(Cl)c(Cl)c(Cl)c(Cl)c2C(=O)O)cc1)C(=O)Nc1ccncc1. The average molecular weight is 559 g/mol. The number of carboxylic acid groups (broad SMARTS) is 1. The molecule has 0 aliphatic carbocycles. The van der Waals surface area contributed by atoms with Gasteiger partial charge in [-0.1, -0.05) is 46.4 Å². The standard InChI is InChI=1S/C22H15Cl4N3O4S/c1-10(20(30)28-12-6-8-27-9-7-12)34-13-4-2-11(3-5-13)29-21(31)14-15(22(32)33)17(24)19(26)18(25)16(14)23/h2-10H,1H3,(H,29,31)(H,32,33)(H,27,28,30). The normalized spacial score (nSPS) is 11.6. The Bertz CT molecular complexity index is 1260. The van der Waals surface area contributed by atoms with Crippen LogP contribution in [0.15, 0.2) is 53.7 Å². The highest BCUT2D eigenvalue weighted by Crippen LogP contribution is 2.41. The van der Waals surface area contributed by atoms with Crippen molar-refractivity contribution < 1.29 is 19.5 Å². The summed E-state index contributed by atoms with van der Waals surface area (Å²) < 4.78 is 0. The molecule has 34 heavy (non-hydrogen) atoms. The third kappa shape index (κ3) is 5.95. The van der Waals surface area contributed by atoms with E-state index >= 15 is 0 Å². The van der Waals surface area contributed by atoms with Crippen molar-refractivity contribution >= 4 is 87.3 Å². The summed E-state index contributed by atoms with van der Waals surface area (Å²) >= 11 is 25.3. The molecule has 1 unspecified atom stereocenters. The van der Waals surface area contributed by atoms with Crippen molar-refractivity contribution in [3.05, 3.63) is 80.0 Å². The van der Waals surface area contributed by atoms with Crippen LogP contribution in [0.1, 0.15) is 27.6 Å². The largest absolute Gasteiger partial charge is 0.478 e. The second kappa shape index (κ2) is 11.3. The average Bonchev–Trinajstić information content (AvgIpc) is 2.81. The first-order valence-electron chi connectivity index (χ1n) is 9.48. The van der Waals surface area contributed by atoms with Gasteiger partial charge in [0.15, 0.2) is 0 Å². The van der Waals surface area contributed by atoms with E-state index in [9.17, 15) is 19.5 Å². The van der Waals surface area contributed by atoms with E-state index in [4.69, 9.17) is 46.4 Å². The van der Waals surface area contributed by atoms with E-state index in [1.165, 1.54) is 11.8 Å². The number of pyridine rings is 1. The lowest BCUT2D eigenvalue weighted by atomic mass is 10.1. The summed E-state index contributed by atoms with van der Waals surface area (Å²) in [6, 6.07) is 9.99. The highest BCUT2D eigenvalue weighted by molar-refractivity contribution is 8.00. The fraction of sp³-hybridized carbons (Fsp3) is 0.0909. The zero-order valence-electron chi connectivity index (χ0n) is 17.2. The number of carbonyl (C=O) groups excluding carboxylic acids is 2. The molecule has 2 aromatic carbocycles. The molecular weight excluding hydrogens is 544 g/mol. The van der Waals surface area contributed by atoms with Gasteiger partial charge in [0.2, 0.25) is 5.91 Å². The van der Waals surface area contributed by atoms with Crippen LogP contribution in [0.2, 0.25) is 20.1 Å². The van der Waals surface area contributed by atoms with E-state index in [2.05, 4.69) is 15.6 Å². The van der Waals surface area contributed by atoms with Gasteiger partial charge in [-0.15, -0.1) is 11.8 Å². The Morgan fingerprint density at radius 2 is 1.35 bits per heavy atom. The third-order valence-electron chi connectivity index (χ3n) is 4.45. The van der Waals surface area contributed by atoms with E-state index in [1.807, 2.05) is 0 Å². The van der Waals surface area contributed by atoms with Crippen LogP contribution in [0.4, 0.5) is 11.4 Å². The molecule has 0 fully saturated rings. The number of hydrogen-bond donors (Lipinski definition) is 3. The Morgan fingerprint density at radius 1 is 0.824 bits per heavy atom. The maximum Gasteiger partial charge on any atom is 0.338 e. The Kier molecular flexibility index (Phi) is 8.67. The number of hydrogen-bond acceptors (Lipinski definition) is 5. The van der Waals surface area contributed by atoms with E-state index in [1.54, 1.807) is 55.7 Å². The lowest BCUT2D eigenvalue weighted by Gasteiger charge is -2.14. The highest BCUT2D eigenvalue weighted by Gasteiger charge is 2.29. The quantitative estimate of drug-likeness (QED) is 0.168. The number of nitrogens with zero attached hydrogens (tertiary/aromatic N) is 1. The van der Waals surface area contributed by atoms with Crippen LogP contribution in [0.5, 0.6) is 0 Å². The van der Waals surface area contributed by atoms with Gasteiger partial charge in [-0.3, -0.25) is 14.6 Å². The molecule has 0 saturated carbocycles. The lowest BCUT2D eigenvalue weighted by molar-refractivity contribution is -0.115. The van der Waals surface area contributed by atoms with Crippen molar-refractivity contribution in [2.75, 3.05) is 10.6 Å². The third-order valence-corrected chi connectivity index (χ3v) is 7.36. The van der Waals surface area contributed by atoms with Crippen molar-refractivity contribution in [3.8, 4) is 0 Å². The number of carbonyl (C=O) groups is 3. The molecule has 1 aromatic heterocycles. The van der Waals surface area contributed by atoms with Gasteiger partial charge in [0, 0.05) is 28.7 Å². The van der Waals surface area contributed by atoms with Crippen molar-refractivity contribution in [1.82, 2.24) is 4.98 Å². The molecule has 12 heteroatoms. The van der Waals surface area contributed by atoms with E-state index in [-0.39, 0.29) is 26.0 Å². The number of halogens is 4. The van der Waals surface area contributed by atoms with Crippen molar-refractivity contribution in [1.29, 1.82) is 0 Å². The molecule has 2 amide bonds. The maximum atomic E-state index is 12.8. The minimum absolute atomic E-state index is 0.180. The Balaban J connectivity index is 1.72. The van der Waals surface area contributed by atoms with E-state index in [0.717, 1.165) is 4.90 Å². The first-order chi connectivity index (χ1) is 16.1. The highest BCUT2D eigenvalue weighted by atomic mass is 35.5. The summed E-state index contributed by atoms with van der Waals surface area (Å²) in [5.74, 6) is -2.49. The van der Waals surface area contributed by atoms with Crippen LogP contribution >= 0.6 is 58.2 Å². The summed E-state index contributed by atoms with van der Waals surface area (Å²) in [7, 11) is 0. The number of rotatable bonds is 7. The molecule has 176 valence electrons. The maximum absolute atomic E-state index is 12.8. The Morgan fingerprint density at radius 3 is 1.91 bits per heavy atom. The number of anilines is 2. The van der Waals surface area contributed by atoms with Crippen LogP contribution in [0, 0.1) is 0 Å². The number of nitrogens with one attached hydrogen (secondary N) is 2. The van der Waals surface area contributed by atoms with Crippen LogP contribution < -0.4 is 10.6 Å². The Hall–Kier alpha value is -2.49. The van der Waals surface area contributed by atoms with E-state index < -0.39 is 28.3 Å². The van der Waals surface area contributed by atoms with Gasteiger partial charge in [-0.2, -0.15) is 0 Å². The van der Waals surface area contributed by atoms with Crippen molar-refractivity contribution in [2.24, 2.45) is 0 Å². The number of carboxylic acids is 1. The Labute approximate surface area is 218 Å². The summed E-state index contributed by atoms with van der Waals surface area (Å²) in [6.45, 7) is 1.76. The zero-order chi connectivity index (χ0) is 25.0. The molecule has 0 aliphatic heterocycles. The monoisotopic (exact) mass is 557 g/mol. The summed E-state index contributed by atoms with van der Waals surface area (Å²) in [6.07, 6.45) is 3.16. The second-order valence-electron chi connectivity index (χ2n) is 6.77. The zero-order valence-corrected chi connectivity index (χ0v) is 21.1. The fourth-order valence-corrected chi connectivity index (χ4v) is 4.68. The first kappa shape index (κ1) is 26.1. The molecular formula is C22H15Cl4N3O4S. The minimum atomic E-state index is -1.48. The molecule has 0 radical (unpaired) electrons. The molecule has 1 heterocycles. The van der Waals surface area contributed by atoms with E-state index in [0.29, 0.717) is 11.4 Å². The number of amides is 2. The molecule has 0 spiro atoms. The smallest absolute Gasteiger partial charge is 0.338 e.